The lowest BCUT2D eigenvalue weighted by Crippen LogP contribution is -2.42. The fraction of sp³-hybridized carbons (Fsp3) is 0.318. The Balaban J connectivity index is 1.55. The average molecular weight is 415 g/mol. The molecule has 0 saturated heterocycles. The molecule has 152 valence electrons. The number of allylic oxidation sites excluding steroid dienone is 1. The van der Waals surface area contributed by atoms with Crippen molar-refractivity contribution in [2.45, 2.75) is 37.0 Å². The van der Waals surface area contributed by atoms with Gasteiger partial charge in [-0.3, -0.25) is 9.10 Å². The van der Waals surface area contributed by atoms with Crippen molar-refractivity contribution in [3.05, 3.63) is 59.9 Å². The Labute approximate surface area is 170 Å². The third kappa shape index (κ3) is 3.92. The van der Waals surface area contributed by atoms with Gasteiger partial charge in [0.15, 0.2) is 0 Å². The third-order valence-electron chi connectivity index (χ3n) is 5.41. The second-order valence-corrected chi connectivity index (χ2v) is 9.21. The summed E-state index contributed by atoms with van der Waals surface area (Å²) in [4.78, 5) is 12.6. The summed E-state index contributed by atoms with van der Waals surface area (Å²) >= 11 is 0. The van der Waals surface area contributed by atoms with Crippen LogP contribution in [0, 0.1) is 5.82 Å². The van der Waals surface area contributed by atoms with E-state index in [-0.39, 0.29) is 17.3 Å². The molecule has 0 saturated carbocycles. The van der Waals surface area contributed by atoms with E-state index in [4.69, 9.17) is 0 Å². The molecule has 0 bridgehead atoms. The van der Waals surface area contributed by atoms with Crippen LogP contribution in [0.4, 0.5) is 10.1 Å². The monoisotopic (exact) mass is 414 g/mol. The molecule has 1 aliphatic carbocycles. The number of carbonyl (C=O) groups excluding carboxylic acids is 1. The van der Waals surface area contributed by atoms with Crippen LogP contribution in [0.1, 0.15) is 32.1 Å². The zero-order valence-corrected chi connectivity index (χ0v) is 16.8. The van der Waals surface area contributed by atoms with E-state index in [1.54, 1.807) is 18.2 Å². The molecule has 2 aromatic rings. The summed E-state index contributed by atoms with van der Waals surface area (Å²) in [6, 6.07) is 10.4. The molecule has 29 heavy (non-hydrogen) atoms. The number of fused-ring (bicyclic) bond motifs is 3. The molecular formula is C22H23FN2O3S. The number of halogens is 1. The molecule has 1 heterocycles. The van der Waals surface area contributed by atoms with Crippen molar-refractivity contribution in [3.63, 3.8) is 0 Å². The SMILES string of the molecule is O=C(CN1c2ccc(F)cc2-c2ccccc2S1(=O)=O)NCCC1=CCCCC1. The van der Waals surface area contributed by atoms with Gasteiger partial charge in [0.2, 0.25) is 5.91 Å². The lowest BCUT2D eigenvalue weighted by atomic mass is 9.97. The Morgan fingerprint density at radius 1 is 1.10 bits per heavy atom. The molecule has 0 radical (unpaired) electrons. The Morgan fingerprint density at radius 3 is 2.72 bits per heavy atom. The molecule has 5 nitrogen and oxygen atoms in total. The van der Waals surface area contributed by atoms with Gasteiger partial charge in [-0.15, -0.1) is 0 Å². The molecule has 2 aliphatic rings. The molecule has 0 atom stereocenters. The van der Waals surface area contributed by atoms with Gasteiger partial charge in [-0.25, -0.2) is 12.8 Å². The maximum Gasteiger partial charge on any atom is 0.265 e. The topological polar surface area (TPSA) is 66.5 Å². The lowest BCUT2D eigenvalue weighted by molar-refractivity contribution is -0.119. The first-order chi connectivity index (χ1) is 14.0. The Hall–Kier alpha value is -2.67. The first-order valence-corrected chi connectivity index (χ1v) is 11.3. The molecule has 0 unspecified atom stereocenters. The van der Waals surface area contributed by atoms with E-state index in [1.807, 2.05) is 0 Å². The number of carbonyl (C=O) groups is 1. The molecule has 4 rings (SSSR count). The van der Waals surface area contributed by atoms with Crippen LogP contribution in [-0.4, -0.2) is 27.4 Å². The summed E-state index contributed by atoms with van der Waals surface area (Å²) < 4.78 is 41.2. The number of benzene rings is 2. The van der Waals surface area contributed by atoms with Crippen LogP contribution in [0.5, 0.6) is 0 Å². The molecule has 0 aromatic heterocycles. The van der Waals surface area contributed by atoms with E-state index < -0.39 is 15.8 Å². The standard InChI is InChI=1S/C22H23FN2O3S/c23-17-10-11-20-19(14-17)18-8-4-5-9-21(18)29(27,28)25(20)15-22(26)24-13-12-16-6-2-1-3-7-16/h4-6,8-11,14H,1-3,7,12-13,15H2,(H,24,26). The number of hydrogen-bond acceptors (Lipinski definition) is 3. The van der Waals surface area contributed by atoms with Crippen molar-refractivity contribution in [3.8, 4) is 11.1 Å². The van der Waals surface area contributed by atoms with Crippen LogP contribution in [0.15, 0.2) is 59.0 Å². The first kappa shape index (κ1) is 19.6. The van der Waals surface area contributed by atoms with Gasteiger partial charge < -0.3 is 5.32 Å². The Bertz CT molecular complexity index is 1080. The van der Waals surface area contributed by atoms with E-state index in [2.05, 4.69) is 11.4 Å². The highest BCUT2D eigenvalue weighted by Gasteiger charge is 2.35. The van der Waals surface area contributed by atoms with Crippen LogP contribution in [0.2, 0.25) is 0 Å². The van der Waals surface area contributed by atoms with Gasteiger partial charge in [-0.1, -0.05) is 29.8 Å². The van der Waals surface area contributed by atoms with E-state index in [0.717, 1.165) is 23.6 Å². The summed E-state index contributed by atoms with van der Waals surface area (Å²) in [5.41, 5.74) is 2.57. The summed E-state index contributed by atoms with van der Waals surface area (Å²) in [6.07, 6.45) is 7.55. The van der Waals surface area contributed by atoms with E-state index in [9.17, 15) is 17.6 Å². The first-order valence-electron chi connectivity index (χ1n) is 9.83. The van der Waals surface area contributed by atoms with Gasteiger partial charge in [0, 0.05) is 17.7 Å². The fourth-order valence-corrected chi connectivity index (χ4v) is 5.60. The zero-order valence-electron chi connectivity index (χ0n) is 16.0. The number of nitrogens with one attached hydrogen (secondary N) is 1. The predicted molar refractivity (Wildman–Crippen MR) is 111 cm³/mol. The second kappa shape index (κ2) is 7.99. The zero-order chi connectivity index (χ0) is 20.4. The van der Waals surface area contributed by atoms with E-state index >= 15 is 0 Å². The highest BCUT2D eigenvalue weighted by Crippen LogP contribution is 2.42. The van der Waals surface area contributed by atoms with Crippen LogP contribution in [0.3, 0.4) is 0 Å². The van der Waals surface area contributed by atoms with Crippen molar-refractivity contribution >= 4 is 21.6 Å². The number of rotatable bonds is 5. The maximum atomic E-state index is 13.9. The van der Waals surface area contributed by atoms with E-state index in [1.165, 1.54) is 42.7 Å². The average Bonchev–Trinajstić information content (AvgIpc) is 2.72. The minimum Gasteiger partial charge on any atom is -0.354 e. The van der Waals surface area contributed by atoms with Gasteiger partial charge in [-0.2, -0.15) is 0 Å². The largest absolute Gasteiger partial charge is 0.354 e. The molecule has 7 heteroatoms. The minimum atomic E-state index is -3.91. The lowest BCUT2D eigenvalue weighted by Gasteiger charge is -2.31. The molecule has 2 aromatic carbocycles. The van der Waals surface area contributed by atoms with Crippen LogP contribution < -0.4 is 9.62 Å². The van der Waals surface area contributed by atoms with Crippen molar-refractivity contribution in [2.75, 3.05) is 17.4 Å². The van der Waals surface area contributed by atoms with Crippen molar-refractivity contribution < 1.29 is 17.6 Å². The number of sulfonamides is 1. The van der Waals surface area contributed by atoms with Crippen LogP contribution in [-0.2, 0) is 14.8 Å². The van der Waals surface area contributed by atoms with Crippen LogP contribution >= 0.6 is 0 Å². The normalized spacial score (nSPS) is 17.1. The number of nitrogens with zero attached hydrogens (tertiary/aromatic N) is 1. The smallest absolute Gasteiger partial charge is 0.265 e. The molecule has 1 aliphatic heterocycles. The summed E-state index contributed by atoms with van der Waals surface area (Å²) in [5.74, 6) is -0.831. The number of hydrogen-bond donors (Lipinski definition) is 1. The van der Waals surface area contributed by atoms with Crippen molar-refractivity contribution in [2.24, 2.45) is 0 Å². The van der Waals surface area contributed by atoms with Gasteiger partial charge in [0.1, 0.15) is 12.4 Å². The van der Waals surface area contributed by atoms with Crippen LogP contribution in [0.25, 0.3) is 11.1 Å². The Kier molecular flexibility index (Phi) is 5.41. The van der Waals surface area contributed by atoms with Gasteiger partial charge >= 0.3 is 0 Å². The number of anilines is 1. The number of amides is 1. The third-order valence-corrected chi connectivity index (χ3v) is 7.23. The van der Waals surface area contributed by atoms with Crippen molar-refractivity contribution in [1.82, 2.24) is 5.32 Å². The summed E-state index contributed by atoms with van der Waals surface area (Å²) in [7, 11) is -3.91. The highest BCUT2D eigenvalue weighted by atomic mass is 32.2. The maximum absolute atomic E-state index is 13.9. The summed E-state index contributed by atoms with van der Waals surface area (Å²) in [6.45, 7) is 0.139. The molecule has 1 amide bonds. The molecule has 0 spiro atoms. The molecule has 1 N–H and O–H groups in total. The minimum absolute atomic E-state index is 0.0817. The summed E-state index contributed by atoms with van der Waals surface area (Å²) in [5, 5.41) is 2.82. The van der Waals surface area contributed by atoms with Gasteiger partial charge in [0.05, 0.1) is 10.6 Å². The second-order valence-electron chi connectivity index (χ2n) is 7.38. The highest BCUT2D eigenvalue weighted by molar-refractivity contribution is 7.93. The molecular weight excluding hydrogens is 391 g/mol. The Morgan fingerprint density at radius 2 is 1.93 bits per heavy atom. The van der Waals surface area contributed by atoms with Crippen molar-refractivity contribution in [1.29, 1.82) is 0 Å². The van der Waals surface area contributed by atoms with Gasteiger partial charge in [0.25, 0.3) is 10.0 Å². The quantitative estimate of drug-likeness (QED) is 0.752. The molecule has 0 fully saturated rings. The fourth-order valence-electron chi connectivity index (χ4n) is 3.95. The van der Waals surface area contributed by atoms with Gasteiger partial charge in [-0.05, 0) is 56.4 Å². The van der Waals surface area contributed by atoms with E-state index in [0.29, 0.717) is 23.4 Å². The predicted octanol–water partition coefficient (Wildman–Crippen LogP) is 4.01.